The minimum absolute atomic E-state index is 0.0173. The summed E-state index contributed by atoms with van der Waals surface area (Å²) in [6.45, 7) is 22.2. The maximum absolute atomic E-state index is 15.3. The lowest BCUT2D eigenvalue weighted by Crippen LogP contribution is -2.68. The van der Waals surface area contributed by atoms with E-state index in [0.29, 0.717) is 37.5 Å². The van der Waals surface area contributed by atoms with Gasteiger partial charge in [0.05, 0.1) is 30.4 Å². The van der Waals surface area contributed by atoms with Crippen LogP contribution in [0.1, 0.15) is 167 Å². The van der Waals surface area contributed by atoms with Crippen molar-refractivity contribution >= 4 is 47.7 Å². The molecule has 3 heterocycles. The zero-order valence-electron chi connectivity index (χ0n) is 50.4. The van der Waals surface area contributed by atoms with Crippen LogP contribution in [0, 0.1) is 50.2 Å². The number of rotatable bonds is 15. The number of amides is 1. The molecule has 462 valence electrons. The smallest absolute Gasteiger partial charge is 0.303 e. The van der Waals surface area contributed by atoms with E-state index in [1.54, 1.807) is 0 Å². The molecule has 24 heteroatoms. The number of ether oxygens (including phenoxy) is 10. The van der Waals surface area contributed by atoms with Gasteiger partial charge in [0.2, 0.25) is 5.91 Å². The minimum atomic E-state index is -1.87. The molecule has 24 nitrogen and oxygen atoms in total. The molecular formula is C59H86N4O20. The highest BCUT2D eigenvalue weighted by atomic mass is 16.8. The average Bonchev–Trinajstić information content (AvgIpc) is 1.02. The summed E-state index contributed by atoms with van der Waals surface area (Å²) < 4.78 is 59.6. The van der Waals surface area contributed by atoms with E-state index in [4.69, 9.17) is 47.4 Å². The molecule has 1 amide bonds. The molecule has 3 N–H and O–H groups in total. The third-order valence-electron chi connectivity index (χ3n) is 20.2. The van der Waals surface area contributed by atoms with E-state index in [1.165, 1.54) is 16.5 Å². The number of carbonyl (C=O) groups excluding carboxylic acids is 8. The summed E-state index contributed by atoms with van der Waals surface area (Å²) in [5.41, 5.74) is -0.652. The number of aliphatic hydroxyl groups excluding tert-OH is 2. The van der Waals surface area contributed by atoms with Crippen LogP contribution in [0.2, 0.25) is 0 Å². The lowest BCUT2D eigenvalue weighted by molar-refractivity contribution is -0.349. The van der Waals surface area contributed by atoms with Gasteiger partial charge in [-0.2, -0.15) is 0 Å². The second-order valence-corrected chi connectivity index (χ2v) is 26.4. The average molecular weight is 1170 g/mol. The van der Waals surface area contributed by atoms with E-state index in [2.05, 4.69) is 70.2 Å². The summed E-state index contributed by atoms with van der Waals surface area (Å²) in [5.74, 6) is -6.02. The SMILES string of the molecule is CC(=O)OC[C@@H]1O[C@H](n2cc(CNC(=O)[C@]34CCC(C)(C)CC3C3=CCC5[C@@]6(C)CC[C@H](O)C(C)(C)C6CC[C@@]5(C)[C@]3(C)C[C@H]4O)nn2)[C@@H](OC(C)=O)[C@H](OC(C)=O)[C@H]1O[C@H]1O[C@@H](COC(C)=O)[C@H](OC(C)=O)[C@@H](OC(C)=O)[C@@H]1OC(C)=O. The normalized spacial score (nSPS) is 39.5. The summed E-state index contributed by atoms with van der Waals surface area (Å²) in [4.78, 5) is 104. The maximum atomic E-state index is 15.3. The van der Waals surface area contributed by atoms with Crippen molar-refractivity contribution in [3.8, 4) is 0 Å². The van der Waals surface area contributed by atoms with Gasteiger partial charge in [-0.1, -0.05) is 65.3 Å². The van der Waals surface area contributed by atoms with Crippen molar-refractivity contribution in [2.75, 3.05) is 13.2 Å². The molecule has 83 heavy (non-hydrogen) atoms. The van der Waals surface area contributed by atoms with Gasteiger partial charge in [0.1, 0.15) is 37.2 Å². The number of nitrogens with one attached hydrogen (secondary N) is 1. The number of esters is 7. The molecule has 0 radical (unpaired) electrons. The highest BCUT2D eigenvalue weighted by Crippen LogP contribution is 2.76. The summed E-state index contributed by atoms with van der Waals surface area (Å²) in [6, 6.07) is 0. The number of allylic oxidation sites excluding steroid dienone is 2. The van der Waals surface area contributed by atoms with Crippen molar-refractivity contribution in [1.29, 1.82) is 0 Å². The van der Waals surface area contributed by atoms with Gasteiger partial charge in [0.15, 0.2) is 43.0 Å². The largest absolute Gasteiger partial charge is 0.463 e. The van der Waals surface area contributed by atoms with E-state index < -0.39 is 133 Å². The van der Waals surface area contributed by atoms with Crippen LogP contribution in [0.25, 0.3) is 0 Å². The first kappa shape index (κ1) is 63.5. The highest BCUT2D eigenvalue weighted by molar-refractivity contribution is 5.85. The molecule has 0 aromatic carbocycles. The van der Waals surface area contributed by atoms with Crippen molar-refractivity contribution in [3.63, 3.8) is 0 Å². The van der Waals surface area contributed by atoms with Crippen molar-refractivity contribution in [1.82, 2.24) is 20.3 Å². The van der Waals surface area contributed by atoms with Gasteiger partial charge < -0.3 is 62.9 Å². The molecule has 2 aliphatic heterocycles. The number of nitrogens with zero attached hydrogens (tertiary/aromatic N) is 3. The second-order valence-electron chi connectivity index (χ2n) is 26.4. The van der Waals surface area contributed by atoms with Gasteiger partial charge in [-0.3, -0.25) is 38.4 Å². The fraction of sp³-hybridized carbons (Fsp3) is 0.797. The van der Waals surface area contributed by atoms with Crippen molar-refractivity contribution < 1.29 is 95.9 Å². The number of aromatic nitrogens is 3. The topological polar surface area (TPSA) is 312 Å². The molecule has 7 aliphatic rings. The molecule has 8 rings (SSSR count). The van der Waals surface area contributed by atoms with E-state index in [-0.39, 0.29) is 51.8 Å². The van der Waals surface area contributed by atoms with Gasteiger partial charge in [-0.15, -0.1) is 5.10 Å². The van der Waals surface area contributed by atoms with Crippen LogP contribution in [0.15, 0.2) is 17.8 Å². The molecule has 19 atom stereocenters. The van der Waals surface area contributed by atoms with Crippen molar-refractivity contribution in [3.05, 3.63) is 23.5 Å². The molecular weight excluding hydrogens is 1080 g/mol. The van der Waals surface area contributed by atoms with Crippen LogP contribution in [-0.2, 0) is 92.3 Å². The summed E-state index contributed by atoms with van der Waals surface area (Å²) in [7, 11) is 0. The molecule has 0 bridgehead atoms. The Morgan fingerprint density at radius 1 is 0.627 bits per heavy atom. The molecule has 2 saturated heterocycles. The molecule has 3 unspecified atom stereocenters. The Labute approximate surface area is 484 Å². The Morgan fingerprint density at radius 2 is 1.18 bits per heavy atom. The third kappa shape index (κ3) is 12.1. The lowest BCUT2D eigenvalue weighted by atomic mass is 9.33. The van der Waals surface area contributed by atoms with Crippen LogP contribution in [0.4, 0.5) is 0 Å². The zero-order valence-corrected chi connectivity index (χ0v) is 50.4. The molecule has 5 aliphatic carbocycles. The second kappa shape index (κ2) is 23.7. The van der Waals surface area contributed by atoms with Gasteiger partial charge in [0, 0.05) is 48.5 Å². The first-order chi connectivity index (χ1) is 38.7. The first-order valence-corrected chi connectivity index (χ1v) is 29.0. The van der Waals surface area contributed by atoms with Crippen LogP contribution in [0.5, 0.6) is 0 Å². The monoisotopic (exact) mass is 1170 g/mol. The Kier molecular flexibility index (Phi) is 18.1. The van der Waals surface area contributed by atoms with E-state index in [0.717, 1.165) is 80.6 Å². The zero-order chi connectivity index (χ0) is 61.1. The Morgan fingerprint density at radius 3 is 1.77 bits per heavy atom. The van der Waals surface area contributed by atoms with Gasteiger partial charge >= 0.3 is 41.8 Å². The molecule has 1 aromatic rings. The third-order valence-corrected chi connectivity index (χ3v) is 20.2. The summed E-state index contributed by atoms with van der Waals surface area (Å²) in [5, 5.41) is 35.9. The predicted octanol–water partition coefficient (Wildman–Crippen LogP) is 4.82. The summed E-state index contributed by atoms with van der Waals surface area (Å²) in [6.07, 6.45) is -7.17. The van der Waals surface area contributed by atoms with Crippen LogP contribution in [-0.4, -0.2) is 153 Å². The number of carbonyl (C=O) groups is 8. The fourth-order valence-corrected chi connectivity index (χ4v) is 16.3. The van der Waals surface area contributed by atoms with Crippen molar-refractivity contribution in [2.24, 2.45) is 50.2 Å². The standard InChI is InChI=1S/C59H86N4O20/c1-29(64)74-27-39-46(83-52-50(80-35(7)70)48(78-33(5)68)45(76-31(3)66)40(82-52)28-75-30(2)65)47(77-32(4)67)49(79-34(6)69)51(81-39)63-26-36(61-62-63)25-60-53(73)59-22-21-54(8,9)23-38(59)37-15-16-42-56(12)19-18-43(71)55(10,11)41(56)17-20-57(42,13)58(37,14)24-44(59)72/h15,26,38-52,71-72H,16-25,27-28H2,1-14H3,(H,60,73)/t38?,39-,40-,41?,42?,43-,44+,45-,46-,47+,48+,49-,50-,51-,52+,56-,57+,58+,59+/m0/s1. The van der Waals surface area contributed by atoms with E-state index in [1.807, 2.05) is 0 Å². The Hall–Kier alpha value is -5.56. The van der Waals surface area contributed by atoms with Crippen LogP contribution in [0.3, 0.4) is 0 Å². The van der Waals surface area contributed by atoms with Gasteiger partial charge in [-0.05, 0) is 103 Å². The molecule has 6 fully saturated rings. The van der Waals surface area contributed by atoms with Crippen LogP contribution < -0.4 is 5.32 Å². The molecule has 1 aromatic heterocycles. The summed E-state index contributed by atoms with van der Waals surface area (Å²) >= 11 is 0. The lowest BCUT2D eigenvalue weighted by Gasteiger charge is -2.71. The first-order valence-electron chi connectivity index (χ1n) is 29.0. The number of aliphatic hydroxyl groups is 2. The highest BCUT2D eigenvalue weighted by Gasteiger charge is 2.71. The van der Waals surface area contributed by atoms with E-state index in [9.17, 15) is 43.8 Å². The van der Waals surface area contributed by atoms with Gasteiger partial charge in [0.25, 0.3) is 0 Å². The number of hydrogen-bond acceptors (Lipinski definition) is 22. The fourth-order valence-electron chi connectivity index (χ4n) is 16.3. The van der Waals surface area contributed by atoms with Crippen molar-refractivity contribution in [2.45, 2.75) is 235 Å². The molecule has 0 spiro atoms. The van der Waals surface area contributed by atoms with Gasteiger partial charge in [-0.25, -0.2) is 4.68 Å². The van der Waals surface area contributed by atoms with E-state index >= 15 is 4.79 Å². The Balaban J connectivity index is 1.09. The predicted molar refractivity (Wildman–Crippen MR) is 287 cm³/mol. The minimum Gasteiger partial charge on any atom is -0.463 e. The number of hydrogen-bond donors (Lipinski definition) is 3. The number of fused-ring (bicyclic) bond motifs is 7. The Bertz CT molecular complexity index is 2710. The quantitative estimate of drug-likeness (QED) is 0.120. The maximum Gasteiger partial charge on any atom is 0.303 e. The van der Waals surface area contributed by atoms with Crippen LogP contribution >= 0.6 is 0 Å². The molecule has 4 saturated carbocycles.